The zero-order valence-corrected chi connectivity index (χ0v) is 16.4. The number of benzene rings is 2. The number of fused-ring (bicyclic) bond motifs is 2. The zero-order chi connectivity index (χ0) is 18.5. The summed E-state index contributed by atoms with van der Waals surface area (Å²) in [5, 5.41) is 3.26. The first kappa shape index (κ1) is 16.9. The number of allylic oxidation sites excluding steroid dienone is 4. The second-order valence-electron chi connectivity index (χ2n) is 7.14. The van der Waals surface area contributed by atoms with E-state index in [2.05, 4.69) is 67.2 Å². The number of rotatable bonds is 2. The molecule has 0 radical (unpaired) electrons. The maximum absolute atomic E-state index is 12.2. The third-order valence-electron chi connectivity index (χ3n) is 5.28. The van der Waals surface area contributed by atoms with Gasteiger partial charge in [0.05, 0.1) is 0 Å². The molecular weight excluding hydrogens is 338 g/mol. The zero-order valence-electron chi connectivity index (χ0n) is 15.6. The molecule has 0 spiro atoms. The summed E-state index contributed by atoms with van der Waals surface area (Å²) in [4.78, 5) is 14.7. The predicted molar refractivity (Wildman–Crippen MR) is 113 cm³/mol. The number of ketones is 1. The fraction of sp³-hybridized carbons (Fsp3) is 0.174. The van der Waals surface area contributed by atoms with E-state index in [-0.39, 0.29) is 5.78 Å². The predicted octanol–water partition coefficient (Wildman–Crippen LogP) is 5.30. The largest absolute Gasteiger partial charge is 0.388 e. The van der Waals surface area contributed by atoms with Gasteiger partial charge in [0.2, 0.25) is 0 Å². The van der Waals surface area contributed by atoms with E-state index in [1.807, 2.05) is 19.2 Å². The normalized spacial score (nSPS) is 18.8. The average Bonchev–Trinajstić information content (AvgIpc) is 2.63. The van der Waals surface area contributed by atoms with E-state index in [4.69, 9.17) is 0 Å². The monoisotopic (exact) mass is 361 g/mol. The number of aryl methyl sites for hydroxylation is 1. The summed E-state index contributed by atoms with van der Waals surface area (Å²) in [7, 11) is 0.676. The summed E-state index contributed by atoms with van der Waals surface area (Å²) in [6.45, 7) is 2.15. The van der Waals surface area contributed by atoms with Gasteiger partial charge in [-0.2, -0.15) is 10.0 Å². The molecule has 0 saturated heterocycles. The molecule has 0 bridgehead atoms. The van der Waals surface area contributed by atoms with E-state index in [0.29, 0.717) is 0 Å². The van der Waals surface area contributed by atoms with Gasteiger partial charge in [-0.25, -0.2) is 0 Å². The van der Waals surface area contributed by atoms with Gasteiger partial charge in [-0.05, 0) is 77.6 Å². The van der Waals surface area contributed by atoms with Gasteiger partial charge in [0, 0.05) is 22.5 Å². The van der Waals surface area contributed by atoms with Gasteiger partial charge in [0.25, 0.3) is 0 Å². The number of anilines is 1. The third-order valence-corrected chi connectivity index (χ3v) is 8.15. The summed E-state index contributed by atoms with van der Waals surface area (Å²) in [5.41, 5.74) is 7.31. The molecule has 132 valence electrons. The van der Waals surface area contributed by atoms with Crippen molar-refractivity contribution in [3.63, 3.8) is 0 Å². The van der Waals surface area contributed by atoms with Crippen molar-refractivity contribution in [2.45, 2.75) is 11.8 Å². The first-order valence-corrected chi connectivity index (χ1v) is 11.2. The van der Waals surface area contributed by atoms with Gasteiger partial charge < -0.3 is 5.32 Å². The van der Waals surface area contributed by atoms with Crippen molar-refractivity contribution in [1.29, 1.82) is 0 Å². The van der Waals surface area contributed by atoms with Crippen LogP contribution in [0.25, 0.3) is 5.57 Å². The molecule has 1 aliphatic carbocycles. The minimum atomic E-state index is -1.27. The molecule has 26 heavy (non-hydrogen) atoms. The topological polar surface area (TPSA) is 29.1 Å². The SMILES string of the molecule is CNc1ccc2c(c1)S(C)(C)C1=CC(=O)C=CC1=C2c1ccccc1C. The van der Waals surface area contributed by atoms with Crippen LogP contribution in [0.3, 0.4) is 0 Å². The molecule has 4 rings (SSSR count). The van der Waals surface area contributed by atoms with E-state index >= 15 is 0 Å². The Morgan fingerprint density at radius 3 is 2.46 bits per heavy atom. The van der Waals surface area contributed by atoms with Gasteiger partial charge in [0.1, 0.15) is 0 Å². The Morgan fingerprint density at radius 2 is 1.73 bits per heavy atom. The van der Waals surface area contributed by atoms with E-state index in [1.54, 1.807) is 6.08 Å². The Bertz CT molecular complexity index is 1020. The highest BCUT2D eigenvalue weighted by Gasteiger charge is 2.35. The molecule has 2 aromatic rings. The first-order chi connectivity index (χ1) is 12.4. The molecular formula is C23H23NOS. The second kappa shape index (κ2) is 6.03. The smallest absolute Gasteiger partial charge is 0.179 e. The summed E-state index contributed by atoms with van der Waals surface area (Å²) in [6, 6.07) is 15.1. The fourth-order valence-electron chi connectivity index (χ4n) is 3.85. The molecule has 1 N–H and O–H groups in total. The summed E-state index contributed by atoms with van der Waals surface area (Å²) >= 11 is 0. The van der Waals surface area contributed by atoms with Crippen molar-refractivity contribution in [3.8, 4) is 0 Å². The number of hydrogen-bond acceptors (Lipinski definition) is 2. The van der Waals surface area contributed by atoms with Gasteiger partial charge >= 0.3 is 0 Å². The lowest BCUT2D eigenvalue weighted by Crippen LogP contribution is -2.16. The molecule has 0 aromatic heterocycles. The molecule has 2 nitrogen and oxygen atoms in total. The molecule has 3 heteroatoms. The van der Waals surface area contributed by atoms with Gasteiger partial charge in [0.15, 0.2) is 5.78 Å². The Labute approximate surface area is 156 Å². The number of nitrogens with one attached hydrogen (secondary N) is 1. The minimum Gasteiger partial charge on any atom is -0.388 e. The fourth-order valence-corrected chi connectivity index (χ4v) is 6.35. The molecule has 1 aliphatic heterocycles. The van der Waals surface area contributed by atoms with Crippen molar-refractivity contribution in [1.82, 2.24) is 0 Å². The van der Waals surface area contributed by atoms with E-state index < -0.39 is 10.0 Å². The molecule has 1 heterocycles. The Morgan fingerprint density at radius 1 is 0.962 bits per heavy atom. The maximum Gasteiger partial charge on any atom is 0.179 e. The van der Waals surface area contributed by atoms with Gasteiger partial charge in [-0.1, -0.05) is 30.3 Å². The number of carbonyl (C=O) groups is 1. The Balaban J connectivity index is 2.12. The highest BCUT2D eigenvalue weighted by Crippen LogP contribution is 2.66. The van der Waals surface area contributed by atoms with E-state index in [9.17, 15) is 4.79 Å². The second-order valence-corrected chi connectivity index (χ2v) is 10.7. The van der Waals surface area contributed by atoms with Crippen LogP contribution in [-0.4, -0.2) is 25.3 Å². The molecule has 0 amide bonds. The van der Waals surface area contributed by atoms with Crippen LogP contribution in [0.1, 0.15) is 16.7 Å². The molecule has 0 atom stereocenters. The van der Waals surface area contributed by atoms with Gasteiger partial charge in [-0.15, -0.1) is 0 Å². The highest BCUT2D eigenvalue weighted by atomic mass is 32.3. The van der Waals surface area contributed by atoms with Crippen LogP contribution < -0.4 is 5.32 Å². The van der Waals surface area contributed by atoms with E-state index in [0.717, 1.165) is 5.69 Å². The van der Waals surface area contributed by atoms with Crippen LogP contribution in [0.4, 0.5) is 5.69 Å². The molecule has 0 unspecified atom stereocenters. The van der Waals surface area contributed by atoms with Crippen LogP contribution >= 0.6 is 10.0 Å². The first-order valence-electron chi connectivity index (χ1n) is 8.73. The summed E-state index contributed by atoms with van der Waals surface area (Å²) in [5.74, 6) is 0.0849. The van der Waals surface area contributed by atoms with Crippen molar-refractivity contribution in [2.24, 2.45) is 0 Å². The van der Waals surface area contributed by atoms with E-state index in [1.165, 1.54) is 37.6 Å². The van der Waals surface area contributed by atoms with Crippen LogP contribution in [0.15, 0.2) is 76.1 Å². The molecule has 2 aromatic carbocycles. The lowest BCUT2D eigenvalue weighted by Gasteiger charge is -2.43. The lowest BCUT2D eigenvalue weighted by molar-refractivity contribution is -0.110. The van der Waals surface area contributed by atoms with Crippen molar-refractivity contribution in [2.75, 3.05) is 24.9 Å². The van der Waals surface area contributed by atoms with Crippen molar-refractivity contribution < 1.29 is 4.79 Å². The van der Waals surface area contributed by atoms with Crippen LogP contribution in [0.2, 0.25) is 0 Å². The minimum absolute atomic E-state index is 0.0849. The van der Waals surface area contributed by atoms with Crippen LogP contribution in [0, 0.1) is 6.92 Å². The van der Waals surface area contributed by atoms with Crippen LogP contribution in [0.5, 0.6) is 0 Å². The number of carbonyl (C=O) groups excluding carboxylic acids is 1. The van der Waals surface area contributed by atoms with Gasteiger partial charge in [-0.3, -0.25) is 4.79 Å². The maximum atomic E-state index is 12.2. The van der Waals surface area contributed by atoms with Crippen molar-refractivity contribution >= 4 is 27.1 Å². The standard InChI is InChI=1S/C23H23NOS/c1-15-7-5-6-8-18(15)23-19-11-9-16(24-2)13-21(19)26(3,4)22-14-17(25)10-12-20(22)23/h5-14,24H,1-4H3. The molecule has 2 aliphatic rings. The highest BCUT2D eigenvalue weighted by molar-refractivity contribution is 8.36. The summed E-state index contributed by atoms with van der Waals surface area (Å²) < 4.78 is 0. The Hall–Kier alpha value is -2.52. The molecule has 0 fully saturated rings. The van der Waals surface area contributed by atoms with Crippen molar-refractivity contribution in [3.05, 3.63) is 87.9 Å². The quantitative estimate of drug-likeness (QED) is 0.786. The Kier molecular flexibility index (Phi) is 3.92. The molecule has 0 saturated carbocycles. The lowest BCUT2D eigenvalue weighted by atomic mass is 9.88. The van der Waals surface area contributed by atoms with Crippen LogP contribution in [-0.2, 0) is 4.79 Å². The average molecular weight is 362 g/mol. The number of hydrogen-bond donors (Lipinski definition) is 1. The third kappa shape index (κ3) is 2.46. The summed E-state index contributed by atoms with van der Waals surface area (Å²) in [6.07, 6.45) is 10.1.